The molecule has 0 saturated carbocycles. The molecule has 21 heavy (non-hydrogen) atoms. The Hall–Kier alpha value is -2.27. The maximum atomic E-state index is 13.4. The summed E-state index contributed by atoms with van der Waals surface area (Å²) in [4.78, 5) is 15.8. The minimum absolute atomic E-state index is 0.0841. The van der Waals surface area contributed by atoms with Crippen molar-refractivity contribution in [3.05, 3.63) is 65.7 Å². The number of carbonyl (C=O) groups is 1. The lowest BCUT2D eigenvalue weighted by molar-refractivity contribution is 0.0949. The lowest BCUT2D eigenvalue weighted by Gasteiger charge is -2.07. The number of benzene rings is 1. The summed E-state index contributed by atoms with van der Waals surface area (Å²) in [6.45, 7) is 2.02. The molecule has 1 aromatic heterocycles. The Morgan fingerprint density at radius 1 is 1.14 bits per heavy atom. The molecular weight excluding hydrogens is 269 g/mol. The van der Waals surface area contributed by atoms with Gasteiger partial charge in [-0.1, -0.05) is 18.2 Å². The van der Waals surface area contributed by atoms with Gasteiger partial charge in [0.15, 0.2) is 0 Å². The fraction of sp³-hybridized carbons (Fsp3) is 0.250. The molecule has 0 spiro atoms. The third kappa shape index (κ3) is 4.96. The van der Waals surface area contributed by atoms with Crippen LogP contribution in [0.15, 0.2) is 48.8 Å². The highest BCUT2D eigenvalue weighted by Crippen LogP contribution is 2.05. The quantitative estimate of drug-likeness (QED) is 0.767. The lowest BCUT2D eigenvalue weighted by atomic mass is 10.2. The third-order valence-corrected chi connectivity index (χ3v) is 2.99. The number of hydrogen-bond acceptors (Lipinski definition) is 3. The molecule has 1 amide bonds. The summed E-state index contributed by atoms with van der Waals surface area (Å²) in [5.74, 6) is -0.870. The van der Waals surface area contributed by atoms with Crippen molar-refractivity contribution in [3.63, 3.8) is 0 Å². The van der Waals surface area contributed by atoms with Gasteiger partial charge in [0.05, 0.1) is 5.56 Å². The van der Waals surface area contributed by atoms with Crippen LogP contribution in [-0.2, 0) is 6.54 Å². The van der Waals surface area contributed by atoms with Crippen molar-refractivity contribution in [2.24, 2.45) is 0 Å². The van der Waals surface area contributed by atoms with E-state index in [9.17, 15) is 9.18 Å². The summed E-state index contributed by atoms with van der Waals surface area (Å²) < 4.78 is 13.4. The number of nitrogens with one attached hydrogen (secondary N) is 2. The molecule has 5 heteroatoms. The smallest absolute Gasteiger partial charge is 0.254 e. The molecule has 4 nitrogen and oxygen atoms in total. The maximum Gasteiger partial charge on any atom is 0.254 e. The van der Waals surface area contributed by atoms with Crippen molar-refractivity contribution in [3.8, 4) is 0 Å². The SMILES string of the molecule is O=C(NCCCNCc1cccnc1)c1ccccc1F. The summed E-state index contributed by atoms with van der Waals surface area (Å²) >= 11 is 0. The molecule has 0 bridgehead atoms. The summed E-state index contributed by atoms with van der Waals surface area (Å²) in [6, 6.07) is 9.86. The largest absolute Gasteiger partial charge is 0.352 e. The number of carbonyl (C=O) groups excluding carboxylic acids is 1. The van der Waals surface area contributed by atoms with Crippen LogP contribution in [0.5, 0.6) is 0 Å². The summed E-state index contributed by atoms with van der Waals surface area (Å²) in [7, 11) is 0. The van der Waals surface area contributed by atoms with Gasteiger partial charge in [0.1, 0.15) is 5.82 Å². The number of amides is 1. The number of pyridine rings is 1. The molecule has 0 unspecified atom stereocenters. The summed E-state index contributed by atoms with van der Waals surface area (Å²) in [6.07, 6.45) is 4.33. The molecule has 0 saturated heterocycles. The Labute approximate surface area is 123 Å². The second-order valence-electron chi connectivity index (χ2n) is 4.63. The van der Waals surface area contributed by atoms with E-state index in [2.05, 4.69) is 15.6 Å². The number of hydrogen-bond donors (Lipinski definition) is 2. The molecule has 0 aliphatic heterocycles. The molecule has 1 heterocycles. The zero-order valence-electron chi connectivity index (χ0n) is 11.7. The first-order valence-corrected chi connectivity index (χ1v) is 6.90. The van der Waals surface area contributed by atoms with Gasteiger partial charge in [-0.3, -0.25) is 9.78 Å². The molecule has 0 radical (unpaired) electrons. The van der Waals surface area contributed by atoms with Crippen LogP contribution in [0.2, 0.25) is 0 Å². The fourth-order valence-corrected chi connectivity index (χ4v) is 1.89. The van der Waals surface area contributed by atoms with Gasteiger partial charge >= 0.3 is 0 Å². The Morgan fingerprint density at radius 3 is 2.76 bits per heavy atom. The van der Waals surface area contributed by atoms with Gasteiger partial charge in [-0.25, -0.2) is 4.39 Å². The highest BCUT2D eigenvalue weighted by atomic mass is 19.1. The van der Waals surface area contributed by atoms with Crippen LogP contribution in [0.1, 0.15) is 22.3 Å². The summed E-state index contributed by atoms with van der Waals surface area (Å²) in [5, 5.41) is 5.97. The average molecular weight is 287 g/mol. The Bertz CT molecular complexity index is 575. The van der Waals surface area contributed by atoms with E-state index in [0.29, 0.717) is 6.54 Å². The van der Waals surface area contributed by atoms with Crippen molar-refractivity contribution in [2.45, 2.75) is 13.0 Å². The topological polar surface area (TPSA) is 54.0 Å². The van der Waals surface area contributed by atoms with Gasteiger partial charge in [0.25, 0.3) is 5.91 Å². The molecule has 1 aromatic carbocycles. The Kier molecular flexibility index (Phi) is 5.84. The van der Waals surface area contributed by atoms with Crippen molar-refractivity contribution >= 4 is 5.91 Å². The maximum absolute atomic E-state index is 13.4. The fourth-order valence-electron chi connectivity index (χ4n) is 1.89. The van der Waals surface area contributed by atoms with E-state index in [4.69, 9.17) is 0 Å². The van der Waals surface area contributed by atoms with Crippen LogP contribution in [-0.4, -0.2) is 24.0 Å². The molecule has 0 atom stereocenters. The average Bonchev–Trinajstić information content (AvgIpc) is 2.52. The molecule has 2 rings (SSSR count). The van der Waals surface area contributed by atoms with E-state index >= 15 is 0 Å². The molecule has 110 valence electrons. The first-order chi connectivity index (χ1) is 10.3. The second kappa shape index (κ2) is 8.11. The van der Waals surface area contributed by atoms with Crippen molar-refractivity contribution < 1.29 is 9.18 Å². The minimum atomic E-state index is -0.496. The van der Waals surface area contributed by atoms with Gasteiger partial charge in [0.2, 0.25) is 0 Å². The Balaban J connectivity index is 1.62. The summed E-state index contributed by atoms with van der Waals surface area (Å²) in [5.41, 5.74) is 1.20. The van der Waals surface area contributed by atoms with Crippen LogP contribution in [0, 0.1) is 5.82 Å². The molecule has 0 aliphatic rings. The van der Waals surface area contributed by atoms with Gasteiger partial charge in [-0.2, -0.15) is 0 Å². The van der Waals surface area contributed by atoms with Crippen LogP contribution in [0.3, 0.4) is 0 Å². The van der Waals surface area contributed by atoms with Crippen molar-refractivity contribution in [1.82, 2.24) is 15.6 Å². The van der Waals surface area contributed by atoms with Crippen molar-refractivity contribution in [1.29, 1.82) is 0 Å². The van der Waals surface area contributed by atoms with Crippen LogP contribution < -0.4 is 10.6 Å². The van der Waals surface area contributed by atoms with Gasteiger partial charge in [0, 0.05) is 25.5 Å². The van der Waals surface area contributed by atoms with Gasteiger partial charge < -0.3 is 10.6 Å². The minimum Gasteiger partial charge on any atom is -0.352 e. The highest BCUT2D eigenvalue weighted by Gasteiger charge is 2.09. The highest BCUT2D eigenvalue weighted by molar-refractivity contribution is 5.94. The second-order valence-corrected chi connectivity index (χ2v) is 4.63. The van der Waals surface area contributed by atoms with E-state index in [-0.39, 0.29) is 11.5 Å². The third-order valence-electron chi connectivity index (χ3n) is 2.99. The number of rotatable bonds is 7. The zero-order valence-corrected chi connectivity index (χ0v) is 11.7. The van der Waals surface area contributed by atoms with Gasteiger partial charge in [-0.05, 0) is 36.7 Å². The van der Waals surface area contributed by atoms with Gasteiger partial charge in [-0.15, -0.1) is 0 Å². The zero-order chi connectivity index (χ0) is 14.9. The molecule has 2 aromatic rings. The number of nitrogens with zero attached hydrogens (tertiary/aromatic N) is 1. The van der Waals surface area contributed by atoms with E-state index < -0.39 is 5.82 Å². The first-order valence-electron chi connectivity index (χ1n) is 6.90. The van der Waals surface area contributed by atoms with Crippen LogP contribution in [0.4, 0.5) is 4.39 Å². The molecule has 0 aliphatic carbocycles. The van der Waals surface area contributed by atoms with Crippen LogP contribution in [0.25, 0.3) is 0 Å². The predicted molar refractivity (Wildman–Crippen MR) is 79.3 cm³/mol. The number of halogens is 1. The standard InChI is InChI=1S/C16H18FN3O/c17-15-7-2-1-6-14(15)16(21)20-10-4-9-19-12-13-5-3-8-18-11-13/h1-3,5-8,11,19H,4,9-10,12H2,(H,20,21). The first kappa shape index (κ1) is 15.1. The van der Waals surface area contributed by atoms with Crippen LogP contribution >= 0.6 is 0 Å². The van der Waals surface area contributed by atoms with E-state index in [1.54, 1.807) is 18.3 Å². The molecule has 2 N–H and O–H groups in total. The monoisotopic (exact) mass is 287 g/mol. The number of aromatic nitrogens is 1. The molecular formula is C16H18FN3O. The Morgan fingerprint density at radius 2 is 2.00 bits per heavy atom. The van der Waals surface area contributed by atoms with E-state index in [1.807, 2.05) is 18.3 Å². The van der Waals surface area contributed by atoms with Crippen molar-refractivity contribution in [2.75, 3.05) is 13.1 Å². The normalized spacial score (nSPS) is 10.3. The lowest BCUT2D eigenvalue weighted by Crippen LogP contribution is -2.27. The predicted octanol–water partition coefficient (Wildman–Crippen LogP) is 2.13. The van der Waals surface area contributed by atoms with E-state index in [0.717, 1.165) is 25.1 Å². The molecule has 0 fully saturated rings. The van der Waals surface area contributed by atoms with E-state index in [1.165, 1.54) is 12.1 Å².